The second kappa shape index (κ2) is 25.6. The number of H-pyrrole nitrogens is 2. The number of alkyl halides is 6. The number of nitrogens with one attached hydrogen (secondary N) is 4. The van der Waals surface area contributed by atoms with Crippen LogP contribution < -0.4 is 37.0 Å². The van der Waals surface area contributed by atoms with E-state index in [-0.39, 0.29) is 38.1 Å². The zero-order chi connectivity index (χ0) is 58.6. The fourth-order valence-corrected chi connectivity index (χ4v) is 12.7. The number of pyridine rings is 2. The first-order chi connectivity index (χ1) is 38.8. The van der Waals surface area contributed by atoms with E-state index in [9.17, 15) is 35.9 Å². The van der Waals surface area contributed by atoms with Gasteiger partial charge in [0.1, 0.15) is 34.0 Å². The molecule has 4 atom stereocenters. The third-order valence-electron chi connectivity index (χ3n) is 15.5. The highest BCUT2D eigenvalue weighted by Gasteiger charge is 2.51. The molecule has 434 valence electrons. The third-order valence-corrected chi connectivity index (χ3v) is 18.4. The van der Waals surface area contributed by atoms with Gasteiger partial charge in [-0.25, -0.2) is 19.9 Å². The van der Waals surface area contributed by atoms with Crippen molar-refractivity contribution < 1.29 is 35.7 Å². The Bertz CT molecular complexity index is 3510. The van der Waals surface area contributed by atoms with Gasteiger partial charge in [-0.3, -0.25) is 9.59 Å². The Morgan fingerprint density at radius 3 is 1.49 bits per heavy atom. The van der Waals surface area contributed by atoms with E-state index in [4.69, 9.17) is 9.31 Å². The summed E-state index contributed by atoms with van der Waals surface area (Å²) in [6.45, 7) is 9.58. The first-order valence-electron chi connectivity index (χ1n) is 26.9. The van der Waals surface area contributed by atoms with Crippen LogP contribution in [0.1, 0.15) is 87.1 Å². The first kappa shape index (κ1) is 60.8. The van der Waals surface area contributed by atoms with Crippen LogP contribution in [0, 0.1) is 3.57 Å². The van der Waals surface area contributed by atoms with Crippen LogP contribution >= 0.6 is 45.3 Å². The minimum atomic E-state index is -4.24. The molecule has 82 heavy (non-hydrogen) atoms. The van der Waals surface area contributed by atoms with Crippen LogP contribution in [0.2, 0.25) is 0 Å². The maximum atomic E-state index is 12.9. The molecule has 1 aliphatic heterocycles. The second-order valence-corrected chi connectivity index (χ2v) is 25.5. The van der Waals surface area contributed by atoms with Crippen LogP contribution in [0.25, 0.3) is 31.6 Å². The molecule has 0 radical (unpaired) electrons. The Morgan fingerprint density at radius 1 is 0.622 bits per heavy atom. The molecule has 3 fully saturated rings. The van der Waals surface area contributed by atoms with Crippen molar-refractivity contribution in [3.63, 3.8) is 0 Å². The SMILES string of the molecule is CC1(C)OB(c2ccc(=O)[nH]c2)OC1(C)C.CN(c1ncnc2sc(CC(F)(F)F)cc12)[C@@H]1CC[C@H](NCc2ccc(-c3ccc(=O)[nH]c3)cc2)C1.CN(c1ncnc2sc(CC(F)(F)F)cc12)[C@@H]1CC[C@H](NCc2ccc(I)cc2)C1. The Morgan fingerprint density at radius 2 is 1.06 bits per heavy atom. The molecule has 0 bridgehead atoms. The predicted molar refractivity (Wildman–Crippen MR) is 322 cm³/mol. The molecule has 11 rings (SSSR count). The number of aromatic nitrogens is 6. The lowest BCUT2D eigenvalue weighted by Crippen LogP contribution is -2.41. The van der Waals surface area contributed by atoms with Crippen molar-refractivity contribution >= 4 is 89.9 Å². The van der Waals surface area contributed by atoms with Gasteiger partial charge in [0.05, 0.1) is 34.8 Å². The number of fused-ring (bicyclic) bond motifs is 2. The summed E-state index contributed by atoms with van der Waals surface area (Å²) >= 11 is 4.47. The summed E-state index contributed by atoms with van der Waals surface area (Å²) in [7, 11) is 3.53. The molecule has 1 saturated heterocycles. The Kier molecular flexibility index (Phi) is 19.0. The second-order valence-electron chi connectivity index (χ2n) is 22.0. The summed E-state index contributed by atoms with van der Waals surface area (Å²) in [6, 6.07) is 27.7. The highest BCUT2D eigenvalue weighted by Crippen LogP contribution is 2.39. The van der Waals surface area contributed by atoms with Crippen LogP contribution in [-0.2, 0) is 35.2 Å². The summed E-state index contributed by atoms with van der Waals surface area (Å²) in [4.78, 5) is 50.7. The van der Waals surface area contributed by atoms with Gasteiger partial charge in [-0.15, -0.1) is 22.7 Å². The minimum Gasteiger partial charge on any atom is -0.399 e. The Hall–Kier alpha value is -5.77. The number of aromatic amines is 2. The zero-order valence-corrected chi connectivity index (χ0v) is 49.9. The predicted octanol–water partition coefficient (Wildman–Crippen LogP) is 11.5. The van der Waals surface area contributed by atoms with E-state index in [0.29, 0.717) is 50.2 Å². The molecule has 24 heteroatoms. The molecule has 2 aromatic carbocycles. The first-order valence-corrected chi connectivity index (χ1v) is 29.7. The maximum Gasteiger partial charge on any atom is 0.496 e. The largest absolute Gasteiger partial charge is 0.496 e. The number of benzene rings is 2. The Labute approximate surface area is 493 Å². The molecular formula is C58H64BF6IN10O4S2. The lowest BCUT2D eigenvalue weighted by atomic mass is 9.80. The van der Waals surface area contributed by atoms with Crippen LogP contribution in [0.4, 0.5) is 38.0 Å². The van der Waals surface area contributed by atoms with Gasteiger partial charge in [0, 0.05) is 89.2 Å². The number of rotatable bonds is 14. The normalized spacial score (nSPS) is 19.5. The molecule has 3 aliphatic rings. The monoisotopic (exact) mass is 1280 g/mol. The lowest BCUT2D eigenvalue weighted by Gasteiger charge is -2.32. The van der Waals surface area contributed by atoms with Gasteiger partial charge in [0.25, 0.3) is 0 Å². The molecule has 7 heterocycles. The van der Waals surface area contributed by atoms with Crippen molar-refractivity contribution in [2.45, 2.75) is 140 Å². The lowest BCUT2D eigenvalue weighted by molar-refractivity contribution is -0.127. The Balaban J connectivity index is 0.000000159. The van der Waals surface area contributed by atoms with Crippen molar-refractivity contribution in [3.8, 4) is 11.1 Å². The average Bonchev–Trinajstić information content (AvgIpc) is 4.37. The summed E-state index contributed by atoms with van der Waals surface area (Å²) in [5.74, 6) is 1.40. The van der Waals surface area contributed by atoms with E-state index in [1.54, 1.807) is 36.7 Å². The van der Waals surface area contributed by atoms with Crippen LogP contribution in [0.15, 0.2) is 120 Å². The van der Waals surface area contributed by atoms with E-state index in [2.05, 4.69) is 109 Å². The van der Waals surface area contributed by atoms with Gasteiger partial charge in [-0.1, -0.05) is 42.5 Å². The highest BCUT2D eigenvalue weighted by atomic mass is 127. The molecule has 0 spiro atoms. The van der Waals surface area contributed by atoms with Gasteiger partial charge in [0.2, 0.25) is 11.1 Å². The summed E-state index contributed by atoms with van der Waals surface area (Å²) in [6.07, 6.45) is 1.87. The summed E-state index contributed by atoms with van der Waals surface area (Å²) < 4.78 is 89.9. The van der Waals surface area contributed by atoms with Crippen molar-refractivity contribution in [2.75, 3.05) is 23.9 Å². The van der Waals surface area contributed by atoms with Gasteiger partial charge in [-0.2, -0.15) is 26.3 Å². The van der Waals surface area contributed by atoms with Gasteiger partial charge in [-0.05, 0) is 147 Å². The topological polar surface area (TPSA) is 166 Å². The number of anilines is 2. The molecule has 0 amide bonds. The molecule has 14 nitrogen and oxygen atoms in total. The van der Waals surface area contributed by atoms with Crippen molar-refractivity contribution in [1.82, 2.24) is 40.5 Å². The van der Waals surface area contributed by atoms with E-state index in [1.165, 1.54) is 39.5 Å². The van der Waals surface area contributed by atoms with Gasteiger partial charge >= 0.3 is 19.5 Å². The standard InChI is InChI=1S/C26H26F3N5OS.C21H22F3IN4S.C11H16BNO3/c1-34(24-22-11-21(12-26(27,28)29)36-25(22)33-15-32-24)20-8-7-19(10-20)30-13-16-2-4-17(5-3-16)18-6-9-23(35)31-14-18;1-29(16-7-6-15(8-16)26-11-13-2-4-14(25)5-3-13)19-18-9-17(10-21(22,23)24)30-20(18)28-12-27-19;1-10(2)11(3,4)16-12(15-10)8-5-6-9(14)13-7-8/h2-6,9,11,14-15,19-20,30H,7-8,10,12-13H2,1H3,(H,31,35);2-5,9,12,15-16,26H,6-8,10-11H2,1H3;5-7H,1-4H3,(H,13,14)/t19-,20+;15-,16+;/m00./s1. The van der Waals surface area contributed by atoms with Crippen molar-refractivity contribution in [3.05, 3.63) is 155 Å². The van der Waals surface area contributed by atoms with Crippen molar-refractivity contribution in [1.29, 1.82) is 0 Å². The fourth-order valence-electron chi connectivity index (χ4n) is 10.3. The number of halogens is 7. The summed E-state index contributed by atoms with van der Waals surface area (Å²) in [5, 5.41) is 8.67. The van der Waals surface area contributed by atoms with Gasteiger partial charge < -0.3 is 39.7 Å². The average molecular weight is 1280 g/mol. The van der Waals surface area contributed by atoms with E-state index in [0.717, 1.165) is 90.9 Å². The minimum absolute atomic E-state index is 0.120. The molecule has 2 aliphatic carbocycles. The van der Waals surface area contributed by atoms with Crippen molar-refractivity contribution in [2.24, 2.45) is 0 Å². The maximum absolute atomic E-state index is 12.9. The molecule has 4 N–H and O–H groups in total. The zero-order valence-electron chi connectivity index (χ0n) is 46.1. The van der Waals surface area contributed by atoms with Crippen LogP contribution in [-0.4, -0.2) is 98.8 Å². The smallest absolute Gasteiger partial charge is 0.399 e. The van der Waals surface area contributed by atoms with Crippen LogP contribution in [0.3, 0.4) is 0 Å². The molecule has 0 unspecified atom stereocenters. The number of nitrogens with zero attached hydrogens (tertiary/aromatic N) is 6. The molecule has 2 saturated carbocycles. The molecular weight excluding hydrogens is 1220 g/mol. The van der Waals surface area contributed by atoms with Gasteiger partial charge in [0.15, 0.2) is 0 Å². The fraction of sp³-hybridized carbons (Fsp3) is 0.414. The van der Waals surface area contributed by atoms with E-state index < -0.39 is 32.3 Å². The van der Waals surface area contributed by atoms with Crippen LogP contribution in [0.5, 0.6) is 0 Å². The van der Waals surface area contributed by atoms with E-state index >= 15 is 0 Å². The number of hydrogen-bond acceptors (Lipinski definition) is 14. The highest BCUT2D eigenvalue weighted by molar-refractivity contribution is 14.1. The number of thiophene rings is 2. The third kappa shape index (κ3) is 15.7. The molecule has 8 aromatic rings. The summed E-state index contributed by atoms with van der Waals surface area (Å²) in [5.41, 5.74) is 4.32. The number of hydrogen-bond donors (Lipinski definition) is 4. The van der Waals surface area contributed by atoms with E-state index in [1.807, 2.05) is 53.9 Å². The molecule has 6 aromatic heterocycles. The quantitative estimate of drug-likeness (QED) is 0.0463.